The van der Waals surface area contributed by atoms with Gasteiger partial charge in [0.05, 0.1) is 12.4 Å². The SMILES string of the molecule is CC(=O)NC(C(=O)N1CCC(n2ccnc2)CC1)C(C)OCC1CCCCC1. The lowest BCUT2D eigenvalue weighted by Gasteiger charge is -2.36. The Morgan fingerprint density at radius 2 is 1.89 bits per heavy atom. The molecule has 1 aliphatic heterocycles. The van der Waals surface area contributed by atoms with Gasteiger partial charge in [0.2, 0.25) is 11.8 Å². The molecule has 0 bridgehead atoms. The summed E-state index contributed by atoms with van der Waals surface area (Å²) < 4.78 is 8.18. The Balaban J connectivity index is 1.54. The second-order valence-electron chi connectivity index (χ2n) is 8.29. The van der Waals surface area contributed by atoms with E-state index in [0.29, 0.717) is 31.7 Å². The largest absolute Gasteiger partial charge is 0.376 e. The minimum atomic E-state index is -0.620. The van der Waals surface area contributed by atoms with Gasteiger partial charge in [0.1, 0.15) is 6.04 Å². The predicted octanol–water partition coefficient (Wildman–Crippen LogP) is 2.54. The molecular weight excluding hydrogens is 356 g/mol. The van der Waals surface area contributed by atoms with Crippen LogP contribution in [-0.2, 0) is 14.3 Å². The maximum atomic E-state index is 13.1. The highest BCUT2D eigenvalue weighted by atomic mass is 16.5. The average Bonchev–Trinajstić information content (AvgIpc) is 3.25. The molecule has 0 radical (unpaired) electrons. The standard InChI is InChI=1S/C21H34N4O3/c1-16(28-14-18-6-4-3-5-7-18)20(23-17(2)26)21(27)24-11-8-19(9-12-24)25-13-10-22-15-25/h10,13,15-16,18-20H,3-9,11-12,14H2,1-2H3,(H,23,26). The zero-order valence-corrected chi connectivity index (χ0v) is 17.2. The van der Waals surface area contributed by atoms with Crippen LogP contribution in [0.2, 0.25) is 0 Å². The third-order valence-corrected chi connectivity index (χ3v) is 6.14. The van der Waals surface area contributed by atoms with Crippen LogP contribution in [0.25, 0.3) is 0 Å². The lowest BCUT2D eigenvalue weighted by molar-refractivity contribution is -0.142. The second kappa shape index (κ2) is 10.0. The smallest absolute Gasteiger partial charge is 0.247 e. The van der Waals surface area contributed by atoms with Crippen molar-refractivity contribution >= 4 is 11.8 Å². The summed E-state index contributed by atoms with van der Waals surface area (Å²) in [4.78, 5) is 30.8. The molecular formula is C21H34N4O3. The van der Waals surface area contributed by atoms with Gasteiger partial charge in [-0.1, -0.05) is 19.3 Å². The number of carbonyl (C=O) groups is 2. The highest BCUT2D eigenvalue weighted by Gasteiger charge is 2.33. The van der Waals surface area contributed by atoms with Crippen LogP contribution in [-0.4, -0.2) is 58.1 Å². The lowest BCUT2D eigenvalue weighted by Crippen LogP contribution is -2.55. The molecule has 2 aliphatic rings. The van der Waals surface area contributed by atoms with Crippen LogP contribution >= 0.6 is 0 Å². The van der Waals surface area contributed by atoms with Gasteiger partial charge in [-0.15, -0.1) is 0 Å². The van der Waals surface area contributed by atoms with Crippen molar-refractivity contribution in [2.45, 2.75) is 77.0 Å². The van der Waals surface area contributed by atoms with Gasteiger partial charge in [-0.3, -0.25) is 9.59 Å². The summed E-state index contributed by atoms with van der Waals surface area (Å²) >= 11 is 0. The molecule has 1 aromatic rings. The average molecular weight is 391 g/mol. The molecule has 7 heteroatoms. The van der Waals surface area contributed by atoms with E-state index < -0.39 is 6.04 Å². The number of aromatic nitrogens is 2. The monoisotopic (exact) mass is 390 g/mol. The molecule has 1 saturated heterocycles. The molecule has 2 fully saturated rings. The molecule has 2 heterocycles. The lowest BCUT2D eigenvalue weighted by atomic mass is 9.90. The topological polar surface area (TPSA) is 76.5 Å². The van der Waals surface area contributed by atoms with Gasteiger partial charge in [0.25, 0.3) is 0 Å². The second-order valence-corrected chi connectivity index (χ2v) is 8.29. The van der Waals surface area contributed by atoms with Crippen molar-refractivity contribution in [1.29, 1.82) is 0 Å². The number of piperidine rings is 1. The number of ether oxygens (including phenoxy) is 1. The van der Waals surface area contributed by atoms with Gasteiger partial charge in [0, 0.05) is 45.1 Å². The van der Waals surface area contributed by atoms with Gasteiger partial charge in [-0.2, -0.15) is 0 Å². The first kappa shape index (κ1) is 20.8. The summed E-state index contributed by atoms with van der Waals surface area (Å²) in [5.74, 6) is 0.352. The fraction of sp³-hybridized carbons (Fsp3) is 0.762. The number of likely N-dealkylation sites (tertiary alicyclic amines) is 1. The Labute approximate surface area is 167 Å². The minimum absolute atomic E-state index is 0.0320. The zero-order chi connectivity index (χ0) is 19.9. The summed E-state index contributed by atoms with van der Waals surface area (Å²) in [6, 6.07) is -0.239. The Kier molecular flexibility index (Phi) is 7.48. The molecule has 28 heavy (non-hydrogen) atoms. The van der Waals surface area contributed by atoms with Gasteiger partial charge in [-0.05, 0) is 38.5 Å². The van der Waals surface area contributed by atoms with E-state index in [4.69, 9.17) is 4.74 Å². The third-order valence-electron chi connectivity index (χ3n) is 6.14. The highest BCUT2D eigenvalue weighted by Crippen LogP contribution is 2.25. The minimum Gasteiger partial charge on any atom is -0.376 e. The molecule has 7 nitrogen and oxygen atoms in total. The molecule has 1 N–H and O–H groups in total. The number of nitrogens with zero attached hydrogens (tertiary/aromatic N) is 3. The number of hydrogen-bond acceptors (Lipinski definition) is 4. The van der Waals surface area contributed by atoms with Gasteiger partial charge >= 0.3 is 0 Å². The van der Waals surface area contributed by atoms with Crippen molar-refractivity contribution < 1.29 is 14.3 Å². The van der Waals surface area contributed by atoms with Crippen LogP contribution in [0, 0.1) is 5.92 Å². The van der Waals surface area contributed by atoms with Crippen LogP contribution in [0.5, 0.6) is 0 Å². The van der Waals surface area contributed by atoms with Crippen LogP contribution < -0.4 is 5.32 Å². The number of amides is 2. The van der Waals surface area contributed by atoms with E-state index in [0.717, 1.165) is 12.8 Å². The van der Waals surface area contributed by atoms with Crippen molar-refractivity contribution in [3.8, 4) is 0 Å². The summed E-state index contributed by atoms with van der Waals surface area (Å²) in [6.45, 7) is 5.41. The van der Waals surface area contributed by atoms with Crippen molar-refractivity contribution in [1.82, 2.24) is 19.8 Å². The van der Waals surface area contributed by atoms with E-state index in [1.54, 1.807) is 6.20 Å². The quantitative estimate of drug-likeness (QED) is 0.776. The van der Waals surface area contributed by atoms with E-state index in [1.807, 2.05) is 24.3 Å². The van der Waals surface area contributed by atoms with Gasteiger partial charge in [0.15, 0.2) is 0 Å². The van der Waals surface area contributed by atoms with Crippen molar-refractivity contribution in [3.63, 3.8) is 0 Å². The van der Waals surface area contributed by atoms with Crippen LogP contribution in [0.1, 0.15) is 64.8 Å². The Morgan fingerprint density at radius 3 is 2.50 bits per heavy atom. The summed E-state index contributed by atoms with van der Waals surface area (Å²) in [7, 11) is 0. The summed E-state index contributed by atoms with van der Waals surface area (Å²) in [6.07, 6.45) is 13.3. The van der Waals surface area contributed by atoms with Gasteiger partial charge < -0.3 is 19.5 Å². The number of nitrogens with one attached hydrogen (secondary N) is 1. The normalized spacial score (nSPS) is 21.3. The molecule has 1 saturated carbocycles. The Bertz CT molecular complexity index is 620. The summed E-state index contributed by atoms with van der Waals surface area (Å²) in [5.41, 5.74) is 0. The molecule has 0 spiro atoms. The zero-order valence-electron chi connectivity index (χ0n) is 17.2. The van der Waals surface area contributed by atoms with Crippen molar-refractivity contribution in [2.75, 3.05) is 19.7 Å². The Hall–Kier alpha value is -1.89. The van der Waals surface area contributed by atoms with E-state index in [9.17, 15) is 9.59 Å². The molecule has 156 valence electrons. The molecule has 0 aromatic carbocycles. The number of hydrogen-bond donors (Lipinski definition) is 1. The molecule has 2 amide bonds. The number of imidazole rings is 1. The van der Waals surface area contributed by atoms with E-state index in [2.05, 4.69) is 14.9 Å². The third kappa shape index (κ3) is 5.56. The molecule has 2 atom stereocenters. The van der Waals surface area contributed by atoms with Crippen LogP contribution in [0.15, 0.2) is 18.7 Å². The fourth-order valence-corrected chi connectivity index (χ4v) is 4.40. The molecule has 1 aliphatic carbocycles. The molecule has 1 aromatic heterocycles. The first-order valence-corrected chi connectivity index (χ1v) is 10.7. The first-order valence-electron chi connectivity index (χ1n) is 10.7. The van der Waals surface area contributed by atoms with Gasteiger partial charge in [-0.25, -0.2) is 4.98 Å². The molecule has 3 rings (SSSR count). The van der Waals surface area contributed by atoms with Crippen LogP contribution in [0.3, 0.4) is 0 Å². The fourth-order valence-electron chi connectivity index (χ4n) is 4.40. The first-order chi connectivity index (χ1) is 13.5. The molecule has 2 unspecified atom stereocenters. The maximum Gasteiger partial charge on any atom is 0.247 e. The number of carbonyl (C=O) groups excluding carboxylic acids is 2. The Morgan fingerprint density at radius 1 is 1.18 bits per heavy atom. The van der Waals surface area contributed by atoms with Crippen molar-refractivity contribution in [3.05, 3.63) is 18.7 Å². The van der Waals surface area contributed by atoms with E-state index in [1.165, 1.54) is 39.0 Å². The highest BCUT2D eigenvalue weighted by molar-refractivity contribution is 5.87. The summed E-state index contributed by atoms with van der Waals surface area (Å²) in [5, 5.41) is 2.83. The van der Waals surface area contributed by atoms with E-state index >= 15 is 0 Å². The van der Waals surface area contributed by atoms with Crippen LogP contribution in [0.4, 0.5) is 0 Å². The predicted molar refractivity (Wildman–Crippen MR) is 107 cm³/mol. The van der Waals surface area contributed by atoms with Crippen molar-refractivity contribution in [2.24, 2.45) is 5.92 Å². The number of rotatable bonds is 7. The maximum absolute atomic E-state index is 13.1. The van der Waals surface area contributed by atoms with E-state index in [-0.39, 0.29) is 17.9 Å².